The number of rotatable bonds is 9. The van der Waals surface area contributed by atoms with Crippen molar-refractivity contribution in [1.29, 1.82) is 0 Å². The highest BCUT2D eigenvalue weighted by molar-refractivity contribution is 7.52. The minimum atomic E-state index is -4.04. The van der Waals surface area contributed by atoms with E-state index in [0.717, 1.165) is 0 Å². The van der Waals surface area contributed by atoms with Crippen LogP contribution < -0.4 is 11.5 Å². The molecule has 1 unspecified atom stereocenters. The predicted molar refractivity (Wildman–Crippen MR) is 63.8 cm³/mol. The van der Waals surface area contributed by atoms with Crippen LogP contribution in [0.15, 0.2) is 0 Å². The molecule has 0 rings (SSSR count). The number of nitrogens with two attached hydrogens (primary N) is 2. The third-order valence-electron chi connectivity index (χ3n) is 1.98. The molecule has 0 amide bonds. The highest BCUT2D eigenvalue weighted by Gasteiger charge is 2.23. The molecule has 0 aliphatic rings. The van der Waals surface area contributed by atoms with Crippen LogP contribution in [-0.4, -0.2) is 46.2 Å². The van der Waals surface area contributed by atoms with E-state index in [-0.39, 0.29) is 38.3 Å². The first-order valence-electron chi connectivity index (χ1n) is 5.15. The SMILES string of the molecule is NCC(CN)OP(=O)(O)CCCCP(=O)(O)O. The smallest absolute Gasteiger partial charge is 0.328 e. The van der Waals surface area contributed by atoms with Crippen LogP contribution in [0.25, 0.3) is 0 Å². The van der Waals surface area contributed by atoms with Gasteiger partial charge in [-0.05, 0) is 12.8 Å². The zero-order valence-electron chi connectivity index (χ0n) is 9.44. The van der Waals surface area contributed by atoms with E-state index in [4.69, 9.17) is 25.8 Å². The molecule has 0 aromatic rings. The van der Waals surface area contributed by atoms with Crippen molar-refractivity contribution in [1.82, 2.24) is 0 Å². The Balaban J connectivity index is 3.94. The largest absolute Gasteiger partial charge is 0.328 e. The lowest BCUT2D eigenvalue weighted by Gasteiger charge is -2.18. The average Bonchev–Trinajstić information content (AvgIpc) is 2.20. The summed E-state index contributed by atoms with van der Waals surface area (Å²) in [4.78, 5) is 26.6. The molecule has 0 heterocycles. The van der Waals surface area contributed by atoms with E-state index >= 15 is 0 Å². The van der Waals surface area contributed by atoms with Crippen LogP contribution in [0.5, 0.6) is 0 Å². The summed E-state index contributed by atoms with van der Waals surface area (Å²) >= 11 is 0. The monoisotopic (exact) mass is 290 g/mol. The summed E-state index contributed by atoms with van der Waals surface area (Å²) < 4.78 is 26.9. The van der Waals surface area contributed by atoms with Gasteiger partial charge in [-0.2, -0.15) is 0 Å². The normalized spacial score (nSPS) is 16.1. The van der Waals surface area contributed by atoms with Crippen LogP contribution in [0.3, 0.4) is 0 Å². The lowest BCUT2D eigenvalue weighted by molar-refractivity contribution is 0.185. The first kappa shape index (κ1) is 17.2. The van der Waals surface area contributed by atoms with Crippen molar-refractivity contribution in [3.8, 4) is 0 Å². The first-order chi connectivity index (χ1) is 7.70. The number of hydrogen-bond donors (Lipinski definition) is 5. The van der Waals surface area contributed by atoms with Crippen LogP contribution in [0, 0.1) is 0 Å². The number of hydrogen-bond acceptors (Lipinski definition) is 5. The molecule has 0 fully saturated rings. The second-order valence-electron chi connectivity index (χ2n) is 3.66. The van der Waals surface area contributed by atoms with Crippen molar-refractivity contribution in [2.45, 2.75) is 18.9 Å². The molecule has 0 aromatic heterocycles. The Kier molecular flexibility index (Phi) is 7.71. The summed E-state index contributed by atoms with van der Waals surface area (Å²) in [5, 5.41) is 0. The van der Waals surface area contributed by atoms with Crippen molar-refractivity contribution in [3.63, 3.8) is 0 Å². The van der Waals surface area contributed by atoms with Crippen molar-refractivity contribution in [2.75, 3.05) is 25.4 Å². The minimum absolute atomic E-state index is 0.0452. The van der Waals surface area contributed by atoms with Gasteiger partial charge in [-0.25, -0.2) is 0 Å². The fourth-order valence-corrected chi connectivity index (χ4v) is 3.10. The average molecular weight is 290 g/mol. The zero-order valence-corrected chi connectivity index (χ0v) is 11.2. The molecule has 0 saturated heterocycles. The molecular weight excluding hydrogens is 270 g/mol. The molecule has 0 aliphatic heterocycles. The molecular formula is C7H20N2O6P2. The van der Waals surface area contributed by atoms with Crippen molar-refractivity contribution < 1.29 is 28.3 Å². The third kappa shape index (κ3) is 9.88. The van der Waals surface area contributed by atoms with Crippen molar-refractivity contribution in [3.05, 3.63) is 0 Å². The summed E-state index contributed by atoms with van der Waals surface area (Å²) in [6, 6.07) is 0. The zero-order chi connectivity index (χ0) is 13.5. The molecule has 7 N–H and O–H groups in total. The van der Waals surface area contributed by atoms with Gasteiger partial charge in [0, 0.05) is 19.3 Å². The van der Waals surface area contributed by atoms with E-state index in [0.29, 0.717) is 0 Å². The first-order valence-corrected chi connectivity index (χ1v) is 8.71. The molecule has 0 aliphatic carbocycles. The lowest BCUT2D eigenvalue weighted by atomic mass is 10.4. The van der Waals surface area contributed by atoms with Gasteiger partial charge in [-0.3, -0.25) is 9.13 Å². The summed E-state index contributed by atoms with van der Waals surface area (Å²) in [6.07, 6.45) is -0.782. The van der Waals surface area contributed by atoms with Gasteiger partial charge in [0.25, 0.3) is 0 Å². The fraction of sp³-hybridized carbons (Fsp3) is 1.00. The maximum absolute atomic E-state index is 11.5. The summed E-state index contributed by atoms with van der Waals surface area (Å²) in [6.45, 7) is 0.0903. The Hall–Kier alpha value is 0.220. The van der Waals surface area contributed by atoms with E-state index < -0.39 is 21.3 Å². The summed E-state index contributed by atoms with van der Waals surface area (Å²) in [5.41, 5.74) is 10.5. The van der Waals surface area contributed by atoms with E-state index in [1.54, 1.807) is 0 Å². The van der Waals surface area contributed by atoms with Crippen LogP contribution in [0.2, 0.25) is 0 Å². The molecule has 1 atom stereocenters. The predicted octanol–water partition coefficient (Wildman–Crippen LogP) is -0.568. The molecule has 0 radical (unpaired) electrons. The standard InChI is InChI=1S/C7H20N2O6P2/c8-5-7(6-9)15-17(13,14)4-2-1-3-16(10,11)12/h7H,1-6,8-9H2,(H,13,14)(H2,10,11,12). The van der Waals surface area contributed by atoms with Gasteiger partial charge >= 0.3 is 15.2 Å². The van der Waals surface area contributed by atoms with Gasteiger partial charge in [0.2, 0.25) is 0 Å². The van der Waals surface area contributed by atoms with Crippen molar-refractivity contribution >= 4 is 15.2 Å². The Bertz CT molecular complexity index is 303. The maximum Gasteiger partial charge on any atom is 0.328 e. The number of unbranched alkanes of at least 4 members (excludes halogenated alkanes) is 1. The maximum atomic E-state index is 11.5. The highest BCUT2D eigenvalue weighted by Crippen LogP contribution is 2.44. The molecule has 10 heteroatoms. The Labute approximate surface area is 100 Å². The van der Waals surface area contributed by atoms with Crippen molar-refractivity contribution in [2.24, 2.45) is 11.5 Å². The van der Waals surface area contributed by atoms with Gasteiger partial charge in [-0.15, -0.1) is 0 Å². The van der Waals surface area contributed by atoms with Crippen LogP contribution in [0.1, 0.15) is 12.8 Å². The van der Waals surface area contributed by atoms with E-state index in [1.807, 2.05) is 0 Å². The lowest BCUT2D eigenvalue weighted by Crippen LogP contribution is -2.31. The molecule has 17 heavy (non-hydrogen) atoms. The van der Waals surface area contributed by atoms with E-state index in [9.17, 15) is 14.0 Å². The quantitative estimate of drug-likeness (QED) is 0.279. The second-order valence-corrected chi connectivity index (χ2v) is 7.36. The van der Waals surface area contributed by atoms with Gasteiger partial charge in [0.05, 0.1) is 12.3 Å². The van der Waals surface area contributed by atoms with Gasteiger partial charge in [0.15, 0.2) is 0 Å². The highest BCUT2D eigenvalue weighted by atomic mass is 31.2. The van der Waals surface area contributed by atoms with Crippen LogP contribution in [-0.2, 0) is 13.7 Å². The third-order valence-corrected chi connectivity index (χ3v) is 4.39. The second kappa shape index (κ2) is 7.61. The van der Waals surface area contributed by atoms with E-state index in [1.165, 1.54) is 0 Å². The topological polar surface area (TPSA) is 156 Å². The molecule has 8 nitrogen and oxygen atoms in total. The molecule has 0 spiro atoms. The molecule has 0 bridgehead atoms. The Morgan fingerprint density at radius 1 is 1.00 bits per heavy atom. The van der Waals surface area contributed by atoms with Crippen LogP contribution >= 0.6 is 15.2 Å². The molecule has 0 saturated carbocycles. The van der Waals surface area contributed by atoms with Crippen LogP contribution in [0.4, 0.5) is 0 Å². The Morgan fingerprint density at radius 2 is 1.47 bits per heavy atom. The summed E-state index contributed by atoms with van der Waals surface area (Å²) in [5.74, 6) is 0. The Morgan fingerprint density at radius 3 is 1.88 bits per heavy atom. The van der Waals surface area contributed by atoms with Gasteiger partial charge in [-0.1, -0.05) is 0 Å². The molecule has 104 valence electrons. The molecule has 0 aromatic carbocycles. The fourth-order valence-electron chi connectivity index (χ4n) is 1.10. The van der Waals surface area contributed by atoms with Gasteiger partial charge < -0.3 is 30.7 Å². The minimum Gasteiger partial charge on any atom is -0.328 e. The summed E-state index contributed by atoms with van der Waals surface area (Å²) in [7, 11) is -7.82. The van der Waals surface area contributed by atoms with Gasteiger partial charge in [0.1, 0.15) is 0 Å². The van der Waals surface area contributed by atoms with E-state index in [2.05, 4.69) is 0 Å².